The van der Waals surface area contributed by atoms with Gasteiger partial charge in [-0.05, 0) is 75.4 Å². The lowest BCUT2D eigenvalue weighted by molar-refractivity contribution is 0.0212. The van der Waals surface area contributed by atoms with Crippen molar-refractivity contribution in [3.63, 3.8) is 0 Å². The van der Waals surface area contributed by atoms with Crippen LogP contribution in [0.15, 0.2) is 0 Å². The fourth-order valence-corrected chi connectivity index (χ4v) is 4.95. The lowest BCUT2D eigenvalue weighted by Crippen LogP contribution is -2.42. The standard InChI is InChI=1S/C18H35N/c1-5-11-18-12-8-15(2)6-7-17(18)10-14-19(4)13-9-16(18)3/h15-17H,5-14H2,1-4H3. The van der Waals surface area contributed by atoms with Crippen molar-refractivity contribution in [3.8, 4) is 0 Å². The Labute approximate surface area is 121 Å². The highest BCUT2D eigenvalue weighted by Gasteiger charge is 2.44. The van der Waals surface area contributed by atoms with E-state index in [-0.39, 0.29) is 0 Å². The third kappa shape index (κ3) is 3.35. The maximum absolute atomic E-state index is 2.57. The van der Waals surface area contributed by atoms with Crippen molar-refractivity contribution >= 4 is 0 Å². The maximum Gasteiger partial charge on any atom is -0.00189 e. The lowest BCUT2D eigenvalue weighted by Gasteiger charge is -2.47. The molecular formula is C18H35N. The summed E-state index contributed by atoms with van der Waals surface area (Å²) in [4.78, 5) is 2.57. The number of fused-ring (bicyclic) bond motifs is 1. The van der Waals surface area contributed by atoms with Crippen molar-refractivity contribution in [2.45, 2.75) is 72.1 Å². The third-order valence-corrected chi connectivity index (χ3v) is 6.42. The van der Waals surface area contributed by atoms with Crippen molar-refractivity contribution in [2.24, 2.45) is 23.2 Å². The number of hydrogen-bond acceptors (Lipinski definition) is 1. The van der Waals surface area contributed by atoms with Crippen molar-refractivity contribution in [1.29, 1.82) is 0 Å². The Morgan fingerprint density at radius 2 is 1.74 bits per heavy atom. The predicted molar refractivity (Wildman–Crippen MR) is 84.4 cm³/mol. The van der Waals surface area contributed by atoms with E-state index < -0.39 is 0 Å². The van der Waals surface area contributed by atoms with Gasteiger partial charge in [0.2, 0.25) is 0 Å². The van der Waals surface area contributed by atoms with Gasteiger partial charge in [0.15, 0.2) is 0 Å². The highest BCUT2D eigenvalue weighted by atomic mass is 15.1. The second kappa shape index (κ2) is 6.61. The van der Waals surface area contributed by atoms with Gasteiger partial charge in [-0.2, -0.15) is 0 Å². The highest BCUT2D eigenvalue weighted by Crippen LogP contribution is 2.52. The van der Waals surface area contributed by atoms with Crippen molar-refractivity contribution < 1.29 is 0 Å². The van der Waals surface area contributed by atoms with Gasteiger partial charge < -0.3 is 4.90 Å². The molecule has 2 fully saturated rings. The summed E-state index contributed by atoms with van der Waals surface area (Å²) in [7, 11) is 2.32. The van der Waals surface area contributed by atoms with Gasteiger partial charge in [-0.15, -0.1) is 0 Å². The van der Waals surface area contributed by atoms with E-state index in [0.717, 1.165) is 17.8 Å². The van der Waals surface area contributed by atoms with Gasteiger partial charge in [0.05, 0.1) is 0 Å². The minimum absolute atomic E-state index is 0.681. The van der Waals surface area contributed by atoms with Gasteiger partial charge in [0, 0.05) is 0 Å². The molecule has 4 atom stereocenters. The molecule has 0 bridgehead atoms. The van der Waals surface area contributed by atoms with Crippen molar-refractivity contribution in [1.82, 2.24) is 4.90 Å². The molecule has 1 saturated carbocycles. The average Bonchev–Trinajstić information content (AvgIpc) is 2.54. The first-order valence-corrected chi connectivity index (χ1v) is 8.77. The minimum Gasteiger partial charge on any atom is -0.306 e. The van der Waals surface area contributed by atoms with Gasteiger partial charge in [0.25, 0.3) is 0 Å². The van der Waals surface area contributed by atoms with Crippen molar-refractivity contribution in [3.05, 3.63) is 0 Å². The van der Waals surface area contributed by atoms with Crippen LogP contribution in [0.25, 0.3) is 0 Å². The van der Waals surface area contributed by atoms with E-state index in [9.17, 15) is 0 Å². The fourth-order valence-electron chi connectivity index (χ4n) is 4.95. The predicted octanol–water partition coefficient (Wildman–Crippen LogP) is 4.96. The van der Waals surface area contributed by atoms with Gasteiger partial charge in [-0.25, -0.2) is 0 Å². The molecule has 0 spiro atoms. The molecule has 1 saturated heterocycles. The zero-order chi connectivity index (χ0) is 13.9. The van der Waals surface area contributed by atoms with E-state index in [4.69, 9.17) is 0 Å². The molecule has 4 unspecified atom stereocenters. The molecular weight excluding hydrogens is 230 g/mol. The number of likely N-dealkylation sites (tertiary alicyclic amines) is 1. The molecule has 1 heterocycles. The molecule has 0 aromatic heterocycles. The number of hydrogen-bond donors (Lipinski definition) is 0. The van der Waals surface area contributed by atoms with Crippen LogP contribution in [0.4, 0.5) is 0 Å². The van der Waals surface area contributed by atoms with Crippen LogP contribution in [0, 0.1) is 23.2 Å². The fraction of sp³-hybridized carbons (Fsp3) is 1.00. The molecule has 0 radical (unpaired) electrons. The second-order valence-corrected chi connectivity index (χ2v) is 7.68. The van der Waals surface area contributed by atoms with Crippen LogP contribution < -0.4 is 0 Å². The molecule has 2 rings (SSSR count). The first-order valence-electron chi connectivity index (χ1n) is 8.77. The Morgan fingerprint density at radius 1 is 1.00 bits per heavy atom. The van der Waals surface area contributed by atoms with Crippen LogP contribution in [0.3, 0.4) is 0 Å². The monoisotopic (exact) mass is 265 g/mol. The Bertz CT molecular complexity index is 275. The molecule has 1 aliphatic heterocycles. The Kier molecular flexibility index (Phi) is 5.34. The van der Waals surface area contributed by atoms with E-state index in [0.29, 0.717) is 5.41 Å². The molecule has 19 heavy (non-hydrogen) atoms. The first-order chi connectivity index (χ1) is 9.08. The van der Waals surface area contributed by atoms with Crippen LogP contribution in [-0.2, 0) is 0 Å². The average molecular weight is 265 g/mol. The second-order valence-electron chi connectivity index (χ2n) is 7.68. The first kappa shape index (κ1) is 15.4. The van der Waals surface area contributed by atoms with E-state index >= 15 is 0 Å². The van der Waals surface area contributed by atoms with E-state index in [1.807, 2.05) is 0 Å². The van der Waals surface area contributed by atoms with Crippen LogP contribution in [-0.4, -0.2) is 25.0 Å². The molecule has 2 aliphatic rings. The quantitative estimate of drug-likeness (QED) is 0.682. The number of nitrogens with zero attached hydrogens (tertiary/aromatic N) is 1. The van der Waals surface area contributed by atoms with Gasteiger partial charge >= 0.3 is 0 Å². The Balaban J connectivity index is 2.23. The molecule has 1 aliphatic carbocycles. The van der Waals surface area contributed by atoms with Gasteiger partial charge in [-0.1, -0.05) is 40.0 Å². The molecule has 0 aromatic rings. The molecule has 1 nitrogen and oxygen atoms in total. The van der Waals surface area contributed by atoms with Crippen molar-refractivity contribution in [2.75, 3.05) is 20.1 Å². The summed E-state index contributed by atoms with van der Waals surface area (Å²) in [6.07, 6.45) is 11.7. The lowest BCUT2D eigenvalue weighted by atomic mass is 9.59. The normalized spacial score (nSPS) is 42.0. The van der Waals surface area contributed by atoms with Crippen LogP contribution in [0.1, 0.15) is 72.1 Å². The smallest absolute Gasteiger partial charge is 0.00189 e. The van der Waals surface area contributed by atoms with E-state index in [2.05, 4.69) is 32.7 Å². The Hall–Kier alpha value is -0.0400. The summed E-state index contributed by atoms with van der Waals surface area (Å²) in [5.41, 5.74) is 0.681. The minimum atomic E-state index is 0.681. The summed E-state index contributed by atoms with van der Waals surface area (Å²) < 4.78 is 0. The van der Waals surface area contributed by atoms with Gasteiger partial charge in [0.1, 0.15) is 0 Å². The number of rotatable bonds is 2. The summed E-state index contributed by atoms with van der Waals surface area (Å²) in [6, 6.07) is 0. The van der Waals surface area contributed by atoms with Crippen LogP contribution in [0.2, 0.25) is 0 Å². The Morgan fingerprint density at radius 3 is 2.47 bits per heavy atom. The zero-order valence-corrected chi connectivity index (χ0v) is 13.8. The topological polar surface area (TPSA) is 3.24 Å². The SMILES string of the molecule is CCCC12CCC(C)CCC1CCN(C)CCC2C. The summed E-state index contributed by atoms with van der Waals surface area (Å²) >= 11 is 0. The van der Waals surface area contributed by atoms with Crippen LogP contribution >= 0.6 is 0 Å². The van der Waals surface area contributed by atoms with E-state index in [1.54, 1.807) is 0 Å². The summed E-state index contributed by atoms with van der Waals surface area (Å²) in [6.45, 7) is 10.1. The molecule has 0 amide bonds. The molecule has 0 aromatic carbocycles. The van der Waals surface area contributed by atoms with Crippen LogP contribution in [0.5, 0.6) is 0 Å². The summed E-state index contributed by atoms with van der Waals surface area (Å²) in [5, 5.41) is 0. The third-order valence-electron chi connectivity index (χ3n) is 6.42. The molecule has 1 heteroatoms. The largest absolute Gasteiger partial charge is 0.306 e. The maximum atomic E-state index is 2.57. The van der Waals surface area contributed by atoms with Gasteiger partial charge in [-0.3, -0.25) is 0 Å². The molecule has 0 N–H and O–H groups in total. The zero-order valence-electron chi connectivity index (χ0n) is 13.8. The summed E-state index contributed by atoms with van der Waals surface area (Å²) in [5.74, 6) is 2.88. The molecule has 112 valence electrons. The van der Waals surface area contributed by atoms with E-state index in [1.165, 1.54) is 64.5 Å². The highest BCUT2D eigenvalue weighted by molar-refractivity contribution is 4.94.